The van der Waals surface area contributed by atoms with Gasteiger partial charge in [0.25, 0.3) is 0 Å². The van der Waals surface area contributed by atoms with Gasteiger partial charge >= 0.3 is 5.97 Å². The molecule has 0 aromatic heterocycles. The maximum Gasteiger partial charge on any atom is 0.313 e. The molecule has 1 aliphatic heterocycles. The average molecular weight is 214 g/mol. The number of rotatable bonds is 5. The standard InChI is InChI=1S/C11H18O4/c1-5-14-8(13)6-11(4)9(15-11)10(2,3)7-12/h5,9,12H,1,6-7H2,2-4H3. The highest BCUT2D eigenvalue weighted by atomic mass is 16.6. The Hall–Kier alpha value is -0.870. The van der Waals surface area contributed by atoms with Gasteiger partial charge in [0.15, 0.2) is 0 Å². The number of ether oxygens (including phenoxy) is 2. The molecule has 0 aliphatic carbocycles. The Bertz CT molecular complexity index is 272. The number of hydrogen-bond acceptors (Lipinski definition) is 4. The van der Waals surface area contributed by atoms with E-state index in [1.54, 1.807) is 0 Å². The van der Waals surface area contributed by atoms with E-state index in [9.17, 15) is 4.79 Å². The van der Waals surface area contributed by atoms with Crippen LogP contribution in [0.5, 0.6) is 0 Å². The van der Waals surface area contributed by atoms with Gasteiger partial charge in [0, 0.05) is 5.41 Å². The zero-order valence-electron chi connectivity index (χ0n) is 9.45. The largest absolute Gasteiger partial charge is 0.435 e. The van der Waals surface area contributed by atoms with Crippen molar-refractivity contribution in [1.82, 2.24) is 0 Å². The monoisotopic (exact) mass is 214 g/mol. The van der Waals surface area contributed by atoms with Crippen molar-refractivity contribution in [3.05, 3.63) is 12.8 Å². The molecule has 1 rings (SSSR count). The van der Waals surface area contributed by atoms with Gasteiger partial charge in [0.05, 0.1) is 25.4 Å². The molecule has 4 heteroatoms. The molecule has 1 heterocycles. The lowest BCUT2D eigenvalue weighted by Gasteiger charge is -2.20. The van der Waals surface area contributed by atoms with E-state index in [2.05, 4.69) is 11.3 Å². The quantitative estimate of drug-likeness (QED) is 0.425. The molecule has 86 valence electrons. The highest BCUT2D eigenvalue weighted by Gasteiger charge is 2.60. The minimum atomic E-state index is -0.508. The van der Waals surface area contributed by atoms with Gasteiger partial charge in [-0.15, -0.1) is 0 Å². The summed E-state index contributed by atoms with van der Waals surface area (Å²) in [6, 6.07) is 0. The first-order chi connectivity index (χ1) is 6.85. The fraction of sp³-hybridized carbons (Fsp3) is 0.727. The Labute approximate surface area is 89.9 Å². The van der Waals surface area contributed by atoms with E-state index < -0.39 is 5.60 Å². The first-order valence-corrected chi connectivity index (χ1v) is 4.95. The minimum absolute atomic E-state index is 0.0315. The molecular weight excluding hydrogens is 196 g/mol. The zero-order chi connectivity index (χ0) is 11.7. The third kappa shape index (κ3) is 2.58. The lowest BCUT2D eigenvalue weighted by Crippen LogP contribution is -2.30. The number of aliphatic hydroxyl groups is 1. The number of epoxide rings is 1. The van der Waals surface area contributed by atoms with E-state index in [4.69, 9.17) is 9.84 Å². The summed E-state index contributed by atoms with van der Waals surface area (Å²) in [4.78, 5) is 11.2. The lowest BCUT2D eigenvalue weighted by molar-refractivity contribution is -0.139. The second kappa shape index (κ2) is 3.94. The summed E-state index contributed by atoms with van der Waals surface area (Å²) < 4.78 is 10.1. The summed E-state index contributed by atoms with van der Waals surface area (Å²) in [6.07, 6.45) is 1.19. The van der Waals surface area contributed by atoms with Crippen molar-refractivity contribution < 1.29 is 19.4 Å². The van der Waals surface area contributed by atoms with Gasteiger partial charge in [-0.1, -0.05) is 20.4 Å². The molecule has 0 bridgehead atoms. The van der Waals surface area contributed by atoms with Crippen LogP contribution in [0.2, 0.25) is 0 Å². The Morgan fingerprint density at radius 2 is 2.33 bits per heavy atom. The molecule has 2 unspecified atom stereocenters. The second-order valence-corrected chi connectivity index (χ2v) is 4.79. The van der Waals surface area contributed by atoms with Crippen LogP contribution >= 0.6 is 0 Å². The fourth-order valence-electron chi connectivity index (χ4n) is 1.86. The maximum absolute atomic E-state index is 11.2. The van der Waals surface area contributed by atoms with E-state index in [0.29, 0.717) is 0 Å². The summed E-state index contributed by atoms with van der Waals surface area (Å²) >= 11 is 0. The van der Waals surface area contributed by atoms with Crippen LogP contribution in [0.25, 0.3) is 0 Å². The highest BCUT2D eigenvalue weighted by Crippen LogP contribution is 2.49. The van der Waals surface area contributed by atoms with Crippen molar-refractivity contribution in [3.8, 4) is 0 Å². The van der Waals surface area contributed by atoms with Crippen LogP contribution in [0.15, 0.2) is 12.8 Å². The van der Waals surface area contributed by atoms with Gasteiger partial charge in [-0.2, -0.15) is 0 Å². The number of carbonyl (C=O) groups is 1. The normalized spacial score (nSPS) is 29.7. The molecule has 15 heavy (non-hydrogen) atoms. The van der Waals surface area contributed by atoms with Crippen molar-refractivity contribution in [2.24, 2.45) is 5.41 Å². The van der Waals surface area contributed by atoms with Gasteiger partial charge in [-0.25, -0.2) is 0 Å². The molecule has 1 N–H and O–H groups in total. The van der Waals surface area contributed by atoms with Crippen molar-refractivity contribution in [2.45, 2.75) is 38.9 Å². The Morgan fingerprint density at radius 3 is 2.80 bits per heavy atom. The van der Waals surface area contributed by atoms with Crippen LogP contribution in [-0.4, -0.2) is 29.4 Å². The first-order valence-electron chi connectivity index (χ1n) is 4.95. The average Bonchev–Trinajstić information content (AvgIpc) is 2.78. The summed E-state index contributed by atoms with van der Waals surface area (Å²) in [5, 5.41) is 9.16. The van der Waals surface area contributed by atoms with E-state index in [1.165, 1.54) is 0 Å². The third-order valence-corrected chi connectivity index (χ3v) is 2.71. The van der Waals surface area contributed by atoms with Crippen LogP contribution in [0.4, 0.5) is 0 Å². The predicted molar refractivity (Wildman–Crippen MR) is 55.1 cm³/mol. The molecular formula is C11H18O4. The van der Waals surface area contributed by atoms with E-state index in [0.717, 1.165) is 6.26 Å². The topological polar surface area (TPSA) is 59.1 Å². The maximum atomic E-state index is 11.2. The molecule has 1 fully saturated rings. The van der Waals surface area contributed by atoms with Crippen molar-refractivity contribution in [2.75, 3.05) is 6.61 Å². The van der Waals surface area contributed by atoms with Crippen LogP contribution in [0.1, 0.15) is 27.2 Å². The molecule has 4 nitrogen and oxygen atoms in total. The van der Waals surface area contributed by atoms with Gasteiger partial charge in [-0.3, -0.25) is 4.79 Å². The summed E-state index contributed by atoms with van der Waals surface area (Å²) in [7, 11) is 0. The first kappa shape index (κ1) is 12.2. The smallest absolute Gasteiger partial charge is 0.313 e. The number of hydrogen-bond donors (Lipinski definition) is 1. The molecule has 1 saturated heterocycles. The minimum Gasteiger partial charge on any atom is -0.435 e. The number of aliphatic hydroxyl groups excluding tert-OH is 1. The van der Waals surface area contributed by atoms with E-state index in [1.807, 2.05) is 20.8 Å². The number of esters is 1. The number of carbonyl (C=O) groups excluding carboxylic acids is 1. The fourth-order valence-corrected chi connectivity index (χ4v) is 1.86. The molecule has 0 aromatic carbocycles. The lowest BCUT2D eigenvalue weighted by atomic mass is 9.83. The predicted octanol–water partition coefficient (Wildman–Crippen LogP) is 1.24. The van der Waals surface area contributed by atoms with Crippen molar-refractivity contribution in [3.63, 3.8) is 0 Å². The Balaban J connectivity index is 2.52. The van der Waals surface area contributed by atoms with Gasteiger partial charge < -0.3 is 14.6 Å². The van der Waals surface area contributed by atoms with Gasteiger partial charge in [-0.05, 0) is 6.92 Å². The van der Waals surface area contributed by atoms with E-state index >= 15 is 0 Å². The summed E-state index contributed by atoms with van der Waals surface area (Å²) in [5.74, 6) is -0.358. The van der Waals surface area contributed by atoms with Crippen molar-refractivity contribution >= 4 is 5.97 Å². The summed E-state index contributed by atoms with van der Waals surface area (Å²) in [6.45, 7) is 9.00. The van der Waals surface area contributed by atoms with Gasteiger partial charge in [0.2, 0.25) is 0 Å². The molecule has 0 saturated carbocycles. The van der Waals surface area contributed by atoms with Crippen LogP contribution in [0.3, 0.4) is 0 Å². The van der Waals surface area contributed by atoms with Crippen LogP contribution in [0, 0.1) is 5.41 Å². The molecule has 0 spiro atoms. The summed E-state index contributed by atoms with van der Waals surface area (Å²) in [5.41, 5.74) is -0.838. The Morgan fingerprint density at radius 1 is 1.73 bits per heavy atom. The van der Waals surface area contributed by atoms with E-state index in [-0.39, 0.29) is 30.5 Å². The molecule has 2 atom stereocenters. The molecule has 0 aromatic rings. The Kier molecular flexibility index (Phi) is 3.21. The molecule has 1 aliphatic rings. The van der Waals surface area contributed by atoms with Gasteiger partial charge in [0.1, 0.15) is 5.60 Å². The molecule has 0 amide bonds. The third-order valence-electron chi connectivity index (χ3n) is 2.71. The molecule has 0 radical (unpaired) electrons. The zero-order valence-corrected chi connectivity index (χ0v) is 9.45. The van der Waals surface area contributed by atoms with Crippen LogP contribution in [-0.2, 0) is 14.3 Å². The SMILES string of the molecule is C=COC(=O)CC1(C)OC1C(C)(C)CO. The van der Waals surface area contributed by atoms with Crippen LogP contribution < -0.4 is 0 Å². The van der Waals surface area contributed by atoms with Crippen molar-refractivity contribution in [1.29, 1.82) is 0 Å². The highest BCUT2D eigenvalue weighted by molar-refractivity contribution is 5.72. The second-order valence-electron chi connectivity index (χ2n) is 4.79.